The second-order valence-electron chi connectivity index (χ2n) is 4.57. The predicted molar refractivity (Wildman–Crippen MR) is 65.9 cm³/mol. The average molecular weight is 234 g/mol. The van der Waals surface area contributed by atoms with E-state index in [1.807, 2.05) is 0 Å². The quantitative estimate of drug-likeness (QED) is 0.814. The predicted octanol–water partition coefficient (Wildman–Crippen LogP) is 0.853. The zero-order valence-corrected chi connectivity index (χ0v) is 10.0. The molecule has 0 radical (unpaired) electrons. The van der Waals surface area contributed by atoms with Gasteiger partial charge >= 0.3 is 5.97 Å². The zero-order valence-electron chi connectivity index (χ0n) is 10.0. The highest BCUT2D eigenvalue weighted by Gasteiger charge is 2.24. The number of aliphatic carboxylic acids is 1. The minimum atomic E-state index is -0.765. The van der Waals surface area contributed by atoms with Gasteiger partial charge in [0.1, 0.15) is 6.04 Å². The summed E-state index contributed by atoms with van der Waals surface area (Å²) in [5.74, 6) is -0.765. The summed E-state index contributed by atoms with van der Waals surface area (Å²) in [5.41, 5.74) is 2.49. The Morgan fingerprint density at radius 3 is 2.82 bits per heavy atom. The molecule has 0 aromatic heterocycles. The Hall–Kier alpha value is -1.39. The van der Waals surface area contributed by atoms with Crippen LogP contribution in [0.1, 0.15) is 11.1 Å². The lowest BCUT2D eigenvalue weighted by molar-refractivity contribution is -0.140. The molecule has 0 aliphatic carbocycles. The molecule has 1 aliphatic heterocycles. The number of carbonyl (C=O) groups is 1. The topological polar surface area (TPSA) is 52.6 Å². The van der Waals surface area contributed by atoms with Crippen molar-refractivity contribution in [3.05, 3.63) is 35.4 Å². The van der Waals surface area contributed by atoms with Crippen molar-refractivity contribution in [2.75, 3.05) is 19.6 Å². The van der Waals surface area contributed by atoms with Crippen LogP contribution in [0, 0.1) is 6.92 Å². The highest BCUT2D eigenvalue weighted by molar-refractivity contribution is 5.73. The van der Waals surface area contributed by atoms with E-state index in [2.05, 4.69) is 41.4 Å². The highest BCUT2D eigenvalue weighted by atomic mass is 16.4. The van der Waals surface area contributed by atoms with Gasteiger partial charge in [0.15, 0.2) is 0 Å². The van der Waals surface area contributed by atoms with E-state index in [1.54, 1.807) is 0 Å². The van der Waals surface area contributed by atoms with E-state index in [4.69, 9.17) is 5.11 Å². The molecule has 1 heterocycles. The summed E-state index contributed by atoms with van der Waals surface area (Å²) in [5, 5.41) is 12.0. The minimum absolute atomic E-state index is 0.436. The molecule has 2 rings (SSSR count). The van der Waals surface area contributed by atoms with Gasteiger partial charge in [0.05, 0.1) is 0 Å². The van der Waals surface area contributed by atoms with Crippen molar-refractivity contribution in [3.63, 3.8) is 0 Å². The van der Waals surface area contributed by atoms with Crippen LogP contribution in [-0.4, -0.2) is 41.7 Å². The number of benzene rings is 1. The number of piperazine rings is 1. The Morgan fingerprint density at radius 1 is 1.47 bits per heavy atom. The van der Waals surface area contributed by atoms with Gasteiger partial charge in [-0.05, 0) is 12.5 Å². The van der Waals surface area contributed by atoms with Crippen LogP contribution in [0.25, 0.3) is 0 Å². The maximum absolute atomic E-state index is 10.9. The molecule has 1 aliphatic rings. The summed E-state index contributed by atoms with van der Waals surface area (Å²) in [7, 11) is 0. The number of carboxylic acids is 1. The monoisotopic (exact) mass is 234 g/mol. The number of nitrogens with one attached hydrogen (secondary N) is 1. The lowest BCUT2D eigenvalue weighted by Crippen LogP contribution is -2.53. The van der Waals surface area contributed by atoms with Gasteiger partial charge in [-0.15, -0.1) is 0 Å². The fraction of sp³-hybridized carbons (Fsp3) is 0.462. The van der Waals surface area contributed by atoms with Gasteiger partial charge in [0, 0.05) is 26.2 Å². The van der Waals surface area contributed by atoms with Gasteiger partial charge in [-0.3, -0.25) is 9.69 Å². The van der Waals surface area contributed by atoms with Crippen LogP contribution in [0.15, 0.2) is 24.3 Å². The molecular formula is C13H18N2O2. The summed E-state index contributed by atoms with van der Waals surface area (Å²) in [4.78, 5) is 13.1. The van der Waals surface area contributed by atoms with Crippen molar-refractivity contribution in [1.29, 1.82) is 0 Å². The molecule has 1 saturated heterocycles. The van der Waals surface area contributed by atoms with Crippen LogP contribution >= 0.6 is 0 Å². The molecule has 1 aromatic carbocycles. The number of carboxylic acid groups (broad SMARTS) is 1. The molecule has 0 spiro atoms. The van der Waals surface area contributed by atoms with Gasteiger partial charge in [-0.25, -0.2) is 0 Å². The summed E-state index contributed by atoms with van der Waals surface area (Å²) < 4.78 is 0. The first kappa shape index (κ1) is 12.1. The normalized spacial score (nSPS) is 21.4. The van der Waals surface area contributed by atoms with Gasteiger partial charge in [-0.2, -0.15) is 0 Å². The minimum Gasteiger partial charge on any atom is -0.480 e. The third-order valence-corrected chi connectivity index (χ3v) is 3.08. The molecule has 1 fully saturated rings. The van der Waals surface area contributed by atoms with Crippen LogP contribution in [0.3, 0.4) is 0 Å². The molecule has 17 heavy (non-hydrogen) atoms. The van der Waals surface area contributed by atoms with Crippen LogP contribution in [0.5, 0.6) is 0 Å². The number of rotatable bonds is 3. The van der Waals surface area contributed by atoms with E-state index in [-0.39, 0.29) is 0 Å². The van der Waals surface area contributed by atoms with Crippen molar-refractivity contribution in [2.24, 2.45) is 0 Å². The largest absolute Gasteiger partial charge is 0.480 e. The van der Waals surface area contributed by atoms with Crippen molar-refractivity contribution in [2.45, 2.75) is 19.5 Å². The maximum atomic E-state index is 10.9. The van der Waals surface area contributed by atoms with Crippen LogP contribution in [0.4, 0.5) is 0 Å². The van der Waals surface area contributed by atoms with E-state index >= 15 is 0 Å². The van der Waals surface area contributed by atoms with E-state index in [1.165, 1.54) is 11.1 Å². The standard InChI is InChI=1S/C13H18N2O2/c1-10-2-4-11(5-3-10)8-15-7-6-14-12(9-15)13(16)17/h2-5,12,14H,6-9H2,1H3,(H,16,17). The lowest BCUT2D eigenvalue weighted by Gasteiger charge is -2.31. The Bertz CT molecular complexity index is 389. The van der Waals surface area contributed by atoms with E-state index in [9.17, 15) is 4.79 Å². The molecule has 1 aromatic rings. The second kappa shape index (κ2) is 5.29. The van der Waals surface area contributed by atoms with Crippen LogP contribution in [-0.2, 0) is 11.3 Å². The number of nitrogens with zero attached hydrogens (tertiary/aromatic N) is 1. The molecule has 0 saturated carbocycles. The summed E-state index contributed by atoms with van der Waals surface area (Å²) >= 11 is 0. The molecule has 0 bridgehead atoms. The van der Waals surface area contributed by atoms with E-state index < -0.39 is 12.0 Å². The Morgan fingerprint density at radius 2 is 2.18 bits per heavy atom. The molecule has 1 atom stereocenters. The average Bonchev–Trinajstić information content (AvgIpc) is 2.32. The van der Waals surface area contributed by atoms with Crippen molar-refractivity contribution >= 4 is 5.97 Å². The van der Waals surface area contributed by atoms with Gasteiger partial charge in [-0.1, -0.05) is 29.8 Å². The van der Waals surface area contributed by atoms with Crippen LogP contribution in [0.2, 0.25) is 0 Å². The zero-order chi connectivity index (χ0) is 12.3. The van der Waals surface area contributed by atoms with Gasteiger partial charge < -0.3 is 10.4 Å². The summed E-state index contributed by atoms with van der Waals surface area (Å²) in [6, 6.07) is 7.95. The third-order valence-electron chi connectivity index (χ3n) is 3.08. The third kappa shape index (κ3) is 3.28. The van der Waals surface area contributed by atoms with Crippen molar-refractivity contribution in [1.82, 2.24) is 10.2 Å². The molecule has 1 unspecified atom stereocenters. The van der Waals surface area contributed by atoms with E-state index in [0.717, 1.165) is 19.6 Å². The Balaban J connectivity index is 1.94. The fourth-order valence-electron chi connectivity index (χ4n) is 2.07. The van der Waals surface area contributed by atoms with Gasteiger partial charge in [0.2, 0.25) is 0 Å². The highest BCUT2D eigenvalue weighted by Crippen LogP contribution is 2.09. The molecule has 4 heteroatoms. The van der Waals surface area contributed by atoms with Gasteiger partial charge in [0.25, 0.3) is 0 Å². The van der Waals surface area contributed by atoms with E-state index in [0.29, 0.717) is 6.54 Å². The summed E-state index contributed by atoms with van der Waals surface area (Å²) in [6.07, 6.45) is 0. The first-order valence-corrected chi connectivity index (χ1v) is 5.89. The second-order valence-corrected chi connectivity index (χ2v) is 4.57. The molecule has 4 nitrogen and oxygen atoms in total. The molecule has 2 N–H and O–H groups in total. The van der Waals surface area contributed by atoms with Crippen LogP contribution < -0.4 is 5.32 Å². The molecular weight excluding hydrogens is 216 g/mol. The fourth-order valence-corrected chi connectivity index (χ4v) is 2.07. The Labute approximate surface area is 101 Å². The summed E-state index contributed by atoms with van der Waals surface area (Å²) in [6.45, 7) is 5.10. The smallest absolute Gasteiger partial charge is 0.322 e. The SMILES string of the molecule is Cc1ccc(CN2CCNC(C(=O)O)C2)cc1. The number of hydrogen-bond acceptors (Lipinski definition) is 3. The molecule has 92 valence electrons. The first-order valence-electron chi connectivity index (χ1n) is 5.89. The maximum Gasteiger partial charge on any atom is 0.322 e. The van der Waals surface area contributed by atoms with Crippen molar-refractivity contribution < 1.29 is 9.90 Å². The number of hydrogen-bond donors (Lipinski definition) is 2. The molecule has 0 amide bonds. The lowest BCUT2D eigenvalue weighted by atomic mass is 10.1. The Kier molecular flexibility index (Phi) is 3.76. The van der Waals surface area contributed by atoms with Crippen molar-refractivity contribution in [3.8, 4) is 0 Å². The number of aryl methyl sites for hydroxylation is 1. The first-order chi connectivity index (χ1) is 8.15.